The van der Waals surface area contributed by atoms with Gasteiger partial charge in [-0.3, -0.25) is 5.41 Å². The lowest BCUT2D eigenvalue weighted by Gasteiger charge is -2.20. The number of nitrogens with zero attached hydrogens (tertiary/aromatic N) is 1. The van der Waals surface area contributed by atoms with Crippen LogP contribution in [-0.4, -0.2) is 29.0 Å². The number of rotatable bonds is 4. The number of amidine groups is 1. The summed E-state index contributed by atoms with van der Waals surface area (Å²) in [5, 5.41) is 18.1. The molecule has 3 rings (SSSR count). The van der Waals surface area contributed by atoms with Gasteiger partial charge in [0.25, 0.3) is 0 Å². The molecule has 1 aliphatic rings. The number of nitrogens with two attached hydrogens (primary N) is 1. The lowest BCUT2D eigenvalue weighted by molar-refractivity contribution is 0.158. The molecule has 0 aliphatic heterocycles. The number of aliphatic hydroxyl groups excluding tert-OH is 1. The van der Waals surface area contributed by atoms with Gasteiger partial charge in [-0.15, -0.1) is 0 Å². The molecule has 4 nitrogen and oxygen atoms in total. The Morgan fingerprint density at radius 2 is 1.92 bits per heavy atom. The van der Waals surface area contributed by atoms with Crippen LogP contribution in [0.25, 0.3) is 0 Å². The van der Waals surface area contributed by atoms with Gasteiger partial charge in [0.05, 0.1) is 12.1 Å². The quantitative estimate of drug-likeness (QED) is 0.596. The van der Waals surface area contributed by atoms with E-state index in [2.05, 4.69) is 0 Å². The van der Waals surface area contributed by atoms with Crippen molar-refractivity contribution in [2.45, 2.75) is 31.5 Å². The van der Waals surface area contributed by atoms with Gasteiger partial charge in [-0.05, 0) is 34.4 Å². The highest BCUT2D eigenvalue weighted by atomic mass is 19.1. The summed E-state index contributed by atoms with van der Waals surface area (Å²) in [6.07, 6.45) is 0.572. The Kier molecular flexibility index (Phi) is 4.64. The Labute approximate surface area is 141 Å². The zero-order chi connectivity index (χ0) is 17.3. The fraction of sp³-hybridized carbons (Fsp3) is 0.316. The van der Waals surface area contributed by atoms with Crippen LogP contribution < -0.4 is 5.73 Å². The lowest BCUT2D eigenvalue weighted by atomic mass is 10.0. The van der Waals surface area contributed by atoms with Gasteiger partial charge in [0.2, 0.25) is 0 Å². The molecular formula is C19H22FN3O. The molecule has 2 aromatic rings. The number of fused-ring (bicyclic) bond motifs is 1. The minimum atomic E-state index is -0.518. The molecule has 0 saturated carbocycles. The van der Waals surface area contributed by atoms with Crippen molar-refractivity contribution in [2.75, 3.05) is 7.05 Å². The van der Waals surface area contributed by atoms with Crippen LogP contribution >= 0.6 is 0 Å². The van der Waals surface area contributed by atoms with Crippen molar-refractivity contribution < 1.29 is 9.50 Å². The monoisotopic (exact) mass is 327 g/mol. The van der Waals surface area contributed by atoms with Crippen LogP contribution in [0.15, 0.2) is 42.5 Å². The number of likely N-dealkylation sites (N-methyl/N-ethyl adjacent to an activating group) is 1. The summed E-state index contributed by atoms with van der Waals surface area (Å²) in [7, 11) is 1.86. The Morgan fingerprint density at radius 3 is 2.62 bits per heavy atom. The fourth-order valence-electron chi connectivity index (χ4n) is 3.10. The number of hydrogen-bond acceptors (Lipinski definition) is 3. The van der Waals surface area contributed by atoms with Gasteiger partial charge in [-0.1, -0.05) is 30.3 Å². The van der Waals surface area contributed by atoms with E-state index in [-0.39, 0.29) is 11.9 Å². The predicted molar refractivity (Wildman–Crippen MR) is 92.4 cm³/mol. The molecule has 0 amide bonds. The number of halogens is 1. The van der Waals surface area contributed by atoms with Crippen molar-refractivity contribution in [1.29, 1.82) is 5.41 Å². The van der Waals surface area contributed by atoms with Crippen LogP contribution in [0.2, 0.25) is 0 Å². The zero-order valence-corrected chi connectivity index (χ0v) is 13.7. The van der Waals surface area contributed by atoms with Crippen LogP contribution in [0.4, 0.5) is 4.39 Å². The molecule has 126 valence electrons. The molecule has 2 aromatic carbocycles. The molecule has 1 aliphatic carbocycles. The standard InChI is InChI=1S/C19H22FN3O/c1-23(11-12-3-6-15(20)7-4-12)18(21)9-13-2-5-14-10-17(24)19(22)16(14)8-13/h2-8,17,19,21,24H,9-11,22H2,1H3/t17-,19-/m1/s1. The average molecular weight is 327 g/mol. The third kappa shape index (κ3) is 3.47. The Morgan fingerprint density at radius 1 is 1.25 bits per heavy atom. The van der Waals surface area contributed by atoms with Crippen molar-refractivity contribution in [2.24, 2.45) is 5.73 Å². The smallest absolute Gasteiger partial charge is 0.123 e. The van der Waals surface area contributed by atoms with Gasteiger partial charge < -0.3 is 15.7 Å². The van der Waals surface area contributed by atoms with E-state index in [0.29, 0.717) is 25.2 Å². The number of aliphatic hydroxyl groups is 1. The van der Waals surface area contributed by atoms with Gasteiger partial charge in [0, 0.05) is 26.4 Å². The third-order valence-corrected chi connectivity index (χ3v) is 4.58. The summed E-state index contributed by atoms with van der Waals surface area (Å²) < 4.78 is 13.0. The first-order chi connectivity index (χ1) is 11.4. The maximum Gasteiger partial charge on any atom is 0.123 e. The van der Waals surface area contributed by atoms with Gasteiger partial charge in [-0.25, -0.2) is 4.39 Å². The first-order valence-corrected chi connectivity index (χ1v) is 8.02. The van der Waals surface area contributed by atoms with Gasteiger partial charge in [0.1, 0.15) is 11.7 Å². The van der Waals surface area contributed by atoms with Crippen molar-refractivity contribution >= 4 is 5.84 Å². The average Bonchev–Trinajstić information content (AvgIpc) is 2.84. The third-order valence-electron chi connectivity index (χ3n) is 4.58. The second-order valence-electron chi connectivity index (χ2n) is 6.44. The number of nitrogens with one attached hydrogen (secondary N) is 1. The van der Waals surface area contributed by atoms with Crippen molar-refractivity contribution in [3.63, 3.8) is 0 Å². The maximum atomic E-state index is 13.0. The molecule has 5 heteroatoms. The molecule has 0 heterocycles. The van der Waals surface area contributed by atoms with E-state index in [1.807, 2.05) is 30.1 Å². The Hall–Kier alpha value is -2.24. The molecule has 0 radical (unpaired) electrons. The van der Waals surface area contributed by atoms with E-state index >= 15 is 0 Å². The molecule has 0 spiro atoms. The topological polar surface area (TPSA) is 73.3 Å². The lowest BCUT2D eigenvalue weighted by Crippen LogP contribution is -2.27. The highest BCUT2D eigenvalue weighted by Gasteiger charge is 2.28. The normalized spacial score (nSPS) is 19.2. The first-order valence-electron chi connectivity index (χ1n) is 8.02. The van der Waals surface area contributed by atoms with Gasteiger partial charge in [0.15, 0.2) is 0 Å². The van der Waals surface area contributed by atoms with Crippen molar-refractivity contribution in [3.05, 3.63) is 70.5 Å². The molecule has 0 bridgehead atoms. The summed E-state index contributed by atoms with van der Waals surface area (Å²) in [4.78, 5) is 1.84. The molecular weight excluding hydrogens is 305 g/mol. The van der Waals surface area contributed by atoms with Crippen LogP contribution in [0.1, 0.15) is 28.3 Å². The molecule has 0 aromatic heterocycles. The van der Waals surface area contributed by atoms with Crippen LogP contribution in [0.3, 0.4) is 0 Å². The predicted octanol–water partition coefficient (Wildman–Crippen LogP) is 2.39. The van der Waals surface area contributed by atoms with Crippen LogP contribution in [0, 0.1) is 11.2 Å². The Bertz CT molecular complexity index is 745. The summed E-state index contributed by atoms with van der Waals surface area (Å²) >= 11 is 0. The highest BCUT2D eigenvalue weighted by molar-refractivity contribution is 5.81. The first kappa shape index (κ1) is 16.6. The molecule has 0 unspecified atom stereocenters. The molecule has 4 N–H and O–H groups in total. The van der Waals surface area contributed by atoms with E-state index in [0.717, 1.165) is 22.3 Å². The summed E-state index contributed by atoms with van der Waals surface area (Å²) in [6, 6.07) is 12.0. The summed E-state index contributed by atoms with van der Waals surface area (Å²) in [5.74, 6) is 0.222. The van der Waals surface area contributed by atoms with E-state index in [4.69, 9.17) is 11.1 Å². The zero-order valence-electron chi connectivity index (χ0n) is 13.7. The van der Waals surface area contributed by atoms with Crippen molar-refractivity contribution in [3.8, 4) is 0 Å². The molecule has 0 fully saturated rings. The second-order valence-corrected chi connectivity index (χ2v) is 6.44. The molecule has 0 saturated heterocycles. The Balaban J connectivity index is 1.65. The van der Waals surface area contributed by atoms with Gasteiger partial charge >= 0.3 is 0 Å². The van der Waals surface area contributed by atoms with Gasteiger partial charge in [-0.2, -0.15) is 0 Å². The van der Waals surface area contributed by atoms with Crippen molar-refractivity contribution in [1.82, 2.24) is 4.90 Å². The minimum Gasteiger partial charge on any atom is -0.391 e. The van der Waals surface area contributed by atoms with E-state index < -0.39 is 6.10 Å². The van der Waals surface area contributed by atoms with E-state index in [9.17, 15) is 9.50 Å². The largest absolute Gasteiger partial charge is 0.391 e. The van der Waals surface area contributed by atoms with E-state index in [1.165, 1.54) is 12.1 Å². The highest BCUT2D eigenvalue weighted by Crippen LogP contribution is 2.30. The second kappa shape index (κ2) is 6.71. The minimum absolute atomic E-state index is 0.256. The number of benzene rings is 2. The van der Waals surface area contributed by atoms with E-state index in [1.54, 1.807) is 12.1 Å². The molecule has 24 heavy (non-hydrogen) atoms. The van der Waals surface area contributed by atoms with Crippen LogP contribution in [0.5, 0.6) is 0 Å². The van der Waals surface area contributed by atoms with Crippen LogP contribution in [-0.2, 0) is 19.4 Å². The number of hydrogen-bond donors (Lipinski definition) is 3. The molecule has 2 atom stereocenters. The summed E-state index contributed by atoms with van der Waals surface area (Å²) in [5.41, 5.74) is 10.1. The summed E-state index contributed by atoms with van der Waals surface area (Å²) in [6.45, 7) is 0.558. The maximum absolute atomic E-state index is 13.0. The SMILES string of the molecule is CN(Cc1ccc(F)cc1)C(=N)Cc1ccc2c(c1)[C@@H](N)[C@H](O)C2. The fourth-order valence-corrected chi connectivity index (χ4v) is 3.10.